The molecule has 2 unspecified atom stereocenters. The molecule has 4 rings (SSSR count). The third-order valence-electron chi connectivity index (χ3n) is 5.06. The number of β-amino-alcohol motifs (C(OH)–C–C–N with tert-alkyl or cyclic N) is 1. The number of benzene rings is 2. The lowest BCUT2D eigenvalue weighted by molar-refractivity contribution is -0.274. The third-order valence-corrected chi connectivity index (χ3v) is 6.04. The van der Waals surface area contributed by atoms with Crippen LogP contribution in [0.15, 0.2) is 60.0 Å². The zero-order valence-electron chi connectivity index (χ0n) is 16.7. The van der Waals surface area contributed by atoms with Crippen molar-refractivity contribution in [2.24, 2.45) is 0 Å². The highest BCUT2D eigenvalue weighted by Crippen LogP contribution is 2.46. The number of thiophene rings is 1. The number of para-hydroxylation sites is 1. The molecule has 2 heterocycles. The summed E-state index contributed by atoms with van der Waals surface area (Å²) in [7, 11) is 0. The minimum Gasteiger partial charge on any atom is -0.488 e. The van der Waals surface area contributed by atoms with Crippen molar-refractivity contribution >= 4 is 17.0 Å². The van der Waals surface area contributed by atoms with Crippen molar-refractivity contribution in [2.75, 3.05) is 18.1 Å². The molecule has 0 amide bonds. The molecule has 0 spiro atoms. The van der Waals surface area contributed by atoms with E-state index in [4.69, 9.17) is 4.74 Å². The molecule has 1 aliphatic rings. The molecule has 1 N–H and O–H groups in total. The van der Waals surface area contributed by atoms with Crippen molar-refractivity contribution < 1.29 is 40.9 Å². The Balaban J connectivity index is 1.75. The fraction of sp³-hybridized carbons (Fsp3) is 0.273. The Morgan fingerprint density at radius 3 is 2.48 bits per heavy atom. The molecule has 1 aliphatic heterocycles. The van der Waals surface area contributed by atoms with Gasteiger partial charge in [-0.3, -0.25) is 0 Å². The van der Waals surface area contributed by atoms with E-state index in [1.165, 1.54) is 28.4 Å². The molecule has 0 radical (unpaired) electrons. The molecular weight excluding hydrogens is 472 g/mol. The topological polar surface area (TPSA) is 41.9 Å². The van der Waals surface area contributed by atoms with E-state index in [9.17, 15) is 31.4 Å². The van der Waals surface area contributed by atoms with E-state index in [1.807, 2.05) is 0 Å². The van der Waals surface area contributed by atoms with Crippen molar-refractivity contribution in [3.8, 4) is 22.6 Å². The van der Waals surface area contributed by atoms with E-state index < -0.39 is 37.0 Å². The normalized spacial score (nSPS) is 17.3. The molecule has 4 nitrogen and oxygen atoms in total. The minimum absolute atomic E-state index is 0.00611. The summed E-state index contributed by atoms with van der Waals surface area (Å²) >= 11 is 1.34. The Bertz CT molecular complexity index is 1100. The summed E-state index contributed by atoms with van der Waals surface area (Å²) in [6.07, 6.45) is -12.3. The van der Waals surface area contributed by atoms with Gasteiger partial charge in [-0.1, -0.05) is 30.3 Å². The van der Waals surface area contributed by atoms with E-state index in [2.05, 4.69) is 4.74 Å². The zero-order chi connectivity index (χ0) is 23.8. The highest BCUT2D eigenvalue weighted by Gasteiger charge is 2.42. The number of alkyl halides is 6. The SMILES string of the molecule is OC(CN1c2cccc(-c3cccc(OC(F)(F)F)c3)c2OCC1c1cccs1)C(F)(F)F. The Hall–Kier alpha value is -2.92. The van der Waals surface area contributed by atoms with E-state index in [-0.39, 0.29) is 12.4 Å². The van der Waals surface area contributed by atoms with Crippen molar-refractivity contribution in [3.63, 3.8) is 0 Å². The summed E-state index contributed by atoms with van der Waals surface area (Å²) in [4.78, 5) is 2.17. The first-order chi connectivity index (χ1) is 15.5. The van der Waals surface area contributed by atoms with E-state index in [1.54, 1.807) is 41.8 Å². The van der Waals surface area contributed by atoms with Gasteiger partial charge in [-0.15, -0.1) is 24.5 Å². The smallest absolute Gasteiger partial charge is 0.488 e. The molecule has 0 aliphatic carbocycles. The Morgan fingerprint density at radius 2 is 1.82 bits per heavy atom. The Labute approximate surface area is 188 Å². The predicted molar refractivity (Wildman–Crippen MR) is 111 cm³/mol. The lowest BCUT2D eigenvalue weighted by Gasteiger charge is -2.40. The molecule has 3 aromatic rings. The predicted octanol–water partition coefficient (Wildman–Crippen LogP) is 6.18. The van der Waals surface area contributed by atoms with Crippen LogP contribution in [0.25, 0.3) is 11.1 Å². The number of aliphatic hydroxyl groups is 1. The van der Waals surface area contributed by atoms with Gasteiger partial charge in [0.25, 0.3) is 0 Å². The monoisotopic (exact) mass is 489 g/mol. The van der Waals surface area contributed by atoms with Crippen LogP contribution < -0.4 is 14.4 Å². The second-order valence-electron chi connectivity index (χ2n) is 7.28. The second kappa shape index (κ2) is 8.79. The van der Waals surface area contributed by atoms with Crippen LogP contribution in [0, 0.1) is 0 Å². The quantitative estimate of drug-likeness (QED) is 0.435. The average molecular weight is 489 g/mol. The molecule has 0 saturated carbocycles. The van der Waals surface area contributed by atoms with Crippen molar-refractivity contribution in [1.82, 2.24) is 0 Å². The standard InChI is InChI=1S/C22H17F6NO3S/c23-21(24,25)19(30)11-29-16-7-2-6-15(13-4-1-5-14(10-13)32-22(26,27)28)20(16)31-12-17(29)18-8-3-9-33-18/h1-10,17,19,30H,11-12H2. The third kappa shape index (κ3) is 5.19. The lowest BCUT2D eigenvalue weighted by Crippen LogP contribution is -2.45. The number of rotatable bonds is 5. The molecule has 11 heteroatoms. The maximum absolute atomic E-state index is 13.2. The maximum atomic E-state index is 13.2. The van der Waals surface area contributed by atoms with Gasteiger partial charge in [0.05, 0.1) is 18.3 Å². The van der Waals surface area contributed by atoms with Gasteiger partial charge in [0.2, 0.25) is 0 Å². The molecular formula is C22H17F6NO3S. The molecule has 0 bridgehead atoms. The minimum atomic E-state index is -4.87. The highest BCUT2D eigenvalue weighted by molar-refractivity contribution is 7.10. The van der Waals surface area contributed by atoms with Crippen LogP contribution >= 0.6 is 11.3 Å². The molecule has 33 heavy (non-hydrogen) atoms. The number of anilines is 1. The first-order valence-electron chi connectivity index (χ1n) is 9.70. The number of nitrogens with zero attached hydrogens (tertiary/aromatic N) is 1. The van der Waals surface area contributed by atoms with Crippen LogP contribution in [0.3, 0.4) is 0 Å². The summed E-state index contributed by atoms with van der Waals surface area (Å²) in [5.41, 5.74) is 1.01. The van der Waals surface area contributed by atoms with E-state index in [0.29, 0.717) is 16.8 Å². The molecule has 2 aromatic carbocycles. The number of hydrogen-bond donors (Lipinski definition) is 1. The molecule has 1 aromatic heterocycles. The molecule has 2 atom stereocenters. The van der Waals surface area contributed by atoms with Crippen LogP contribution in [-0.4, -0.2) is 36.9 Å². The fourth-order valence-corrected chi connectivity index (χ4v) is 4.47. The average Bonchev–Trinajstić information content (AvgIpc) is 3.26. The summed E-state index contributed by atoms with van der Waals surface area (Å²) in [5.74, 6) is -0.224. The zero-order valence-corrected chi connectivity index (χ0v) is 17.5. The van der Waals surface area contributed by atoms with Gasteiger partial charge < -0.3 is 19.5 Å². The van der Waals surface area contributed by atoms with Crippen molar-refractivity contribution in [3.05, 3.63) is 64.9 Å². The van der Waals surface area contributed by atoms with Crippen LogP contribution in [0.2, 0.25) is 0 Å². The summed E-state index contributed by atoms with van der Waals surface area (Å²) in [5, 5.41) is 11.6. The number of hydrogen-bond acceptors (Lipinski definition) is 5. The van der Waals surface area contributed by atoms with Crippen LogP contribution in [0.1, 0.15) is 10.9 Å². The van der Waals surface area contributed by atoms with Crippen molar-refractivity contribution in [2.45, 2.75) is 24.7 Å². The van der Waals surface area contributed by atoms with Gasteiger partial charge in [-0.2, -0.15) is 13.2 Å². The number of ether oxygens (including phenoxy) is 2. The summed E-state index contributed by atoms with van der Waals surface area (Å²) in [6.45, 7) is -0.739. The van der Waals surface area contributed by atoms with E-state index in [0.717, 1.165) is 10.9 Å². The second-order valence-corrected chi connectivity index (χ2v) is 8.26. The van der Waals surface area contributed by atoms with Gasteiger partial charge in [-0.25, -0.2) is 0 Å². The largest absolute Gasteiger partial charge is 0.573 e. The van der Waals surface area contributed by atoms with Gasteiger partial charge in [0, 0.05) is 10.4 Å². The molecule has 0 fully saturated rings. The van der Waals surface area contributed by atoms with Gasteiger partial charge in [-0.05, 0) is 35.2 Å². The summed E-state index contributed by atoms with van der Waals surface area (Å²) in [6, 6.07) is 12.9. The van der Waals surface area contributed by atoms with Crippen LogP contribution in [0.5, 0.6) is 11.5 Å². The Kier molecular flexibility index (Phi) is 6.19. The maximum Gasteiger partial charge on any atom is 0.573 e. The summed E-state index contributed by atoms with van der Waals surface area (Å²) < 4.78 is 87.3. The molecule has 176 valence electrons. The van der Waals surface area contributed by atoms with E-state index >= 15 is 0 Å². The van der Waals surface area contributed by atoms with Gasteiger partial charge in [0.15, 0.2) is 11.9 Å². The van der Waals surface area contributed by atoms with Crippen LogP contribution in [0.4, 0.5) is 32.0 Å². The first-order valence-corrected chi connectivity index (χ1v) is 10.6. The van der Waals surface area contributed by atoms with Gasteiger partial charge in [0.1, 0.15) is 12.4 Å². The lowest BCUT2D eigenvalue weighted by atomic mass is 10.0. The number of fused-ring (bicyclic) bond motifs is 1. The molecule has 0 saturated heterocycles. The first kappa shape index (κ1) is 23.2. The van der Waals surface area contributed by atoms with Crippen LogP contribution in [-0.2, 0) is 0 Å². The fourth-order valence-electron chi connectivity index (χ4n) is 3.64. The highest BCUT2D eigenvalue weighted by atomic mass is 32.1. The van der Waals surface area contributed by atoms with Crippen molar-refractivity contribution in [1.29, 1.82) is 0 Å². The Morgan fingerprint density at radius 1 is 1.06 bits per heavy atom. The number of aliphatic hydroxyl groups excluding tert-OH is 1. The number of halogens is 6. The van der Waals surface area contributed by atoms with Gasteiger partial charge >= 0.3 is 12.5 Å².